The molecule has 134 valence electrons. The van der Waals surface area contributed by atoms with E-state index in [1.54, 1.807) is 0 Å². The van der Waals surface area contributed by atoms with Crippen LogP contribution in [0.25, 0.3) is 10.2 Å². The molecule has 1 atom stereocenters. The van der Waals surface area contributed by atoms with Crippen LogP contribution in [0.3, 0.4) is 0 Å². The van der Waals surface area contributed by atoms with Gasteiger partial charge in [0.05, 0.1) is 10.9 Å². The van der Waals surface area contributed by atoms with Crippen molar-refractivity contribution in [2.45, 2.75) is 18.9 Å². The van der Waals surface area contributed by atoms with Gasteiger partial charge in [0.2, 0.25) is 0 Å². The van der Waals surface area contributed by atoms with Crippen LogP contribution < -0.4 is 10.2 Å². The Morgan fingerprint density at radius 2 is 2.19 bits per heavy atom. The highest BCUT2D eigenvalue weighted by Gasteiger charge is 2.25. The van der Waals surface area contributed by atoms with Crippen LogP contribution in [0.1, 0.15) is 23.3 Å². The van der Waals surface area contributed by atoms with Gasteiger partial charge in [0.15, 0.2) is 10.9 Å². The topological polar surface area (TPSA) is 71.0 Å². The molecule has 1 N–H and O–H groups in total. The predicted octanol–water partition coefficient (Wildman–Crippen LogP) is 2.76. The van der Waals surface area contributed by atoms with Crippen LogP contribution in [-0.4, -0.2) is 40.0 Å². The predicted molar refractivity (Wildman–Crippen MR) is 94.3 cm³/mol. The molecule has 26 heavy (non-hydrogen) atoms. The van der Waals surface area contributed by atoms with Crippen molar-refractivity contribution in [1.29, 1.82) is 0 Å². The van der Waals surface area contributed by atoms with Crippen molar-refractivity contribution in [3.8, 4) is 0 Å². The zero-order valence-electron chi connectivity index (χ0n) is 13.7. The van der Waals surface area contributed by atoms with Crippen molar-refractivity contribution in [1.82, 2.24) is 20.3 Å². The van der Waals surface area contributed by atoms with E-state index in [1.165, 1.54) is 36.0 Å². The molecule has 0 saturated carbocycles. The zero-order valence-corrected chi connectivity index (χ0v) is 14.5. The maximum absolute atomic E-state index is 13.9. The molecule has 2 aromatic heterocycles. The number of halogens is 2. The lowest BCUT2D eigenvalue weighted by Gasteiger charge is -2.32. The summed E-state index contributed by atoms with van der Waals surface area (Å²) in [5.74, 6) is -1.55. The molecule has 1 saturated heterocycles. The Kier molecular flexibility index (Phi) is 4.46. The third-order valence-electron chi connectivity index (χ3n) is 4.22. The maximum atomic E-state index is 13.9. The van der Waals surface area contributed by atoms with Crippen LogP contribution in [0.5, 0.6) is 0 Å². The summed E-state index contributed by atoms with van der Waals surface area (Å²) >= 11 is 1.25. The number of hydrogen-bond donors (Lipinski definition) is 1. The van der Waals surface area contributed by atoms with Crippen molar-refractivity contribution in [2.24, 2.45) is 0 Å². The second kappa shape index (κ2) is 6.91. The van der Waals surface area contributed by atoms with Crippen LogP contribution in [0.2, 0.25) is 0 Å². The summed E-state index contributed by atoms with van der Waals surface area (Å²) in [5, 5.41) is 3.58. The molecule has 1 fully saturated rings. The van der Waals surface area contributed by atoms with Crippen LogP contribution >= 0.6 is 11.3 Å². The number of carbonyl (C=O) groups is 1. The third-order valence-corrected chi connectivity index (χ3v) is 5.29. The summed E-state index contributed by atoms with van der Waals surface area (Å²) in [6.45, 7) is 1.30. The zero-order chi connectivity index (χ0) is 18.1. The second-order valence-corrected chi connectivity index (χ2v) is 7.09. The van der Waals surface area contributed by atoms with Gasteiger partial charge in [0, 0.05) is 37.6 Å². The average molecular weight is 375 g/mol. The van der Waals surface area contributed by atoms with Gasteiger partial charge in [-0.2, -0.15) is 0 Å². The van der Waals surface area contributed by atoms with Gasteiger partial charge in [0.25, 0.3) is 5.91 Å². The molecule has 1 aliphatic heterocycles. The normalized spacial score (nSPS) is 17.5. The fourth-order valence-corrected chi connectivity index (χ4v) is 4.07. The molecule has 6 nitrogen and oxygen atoms in total. The van der Waals surface area contributed by atoms with E-state index in [0.717, 1.165) is 25.5 Å². The summed E-state index contributed by atoms with van der Waals surface area (Å²) in [6.07, 6.45) is 6.08. The van der Waals surface area contributed by atoms with Crippen molar-refractivity contribution in [3.05, 3.63) is 48.1 Å². The highest BCUT2D eigenvalue weighted by Crippen LogP contribution is 2.32. The maximum Gasteiger partial charge on any atom is 0.271 e. The van der Waals surface area contributed by atoms with Crippen LogP contribution in [0, 0.1) is 11.6 Å². The van der Waals surface area contributed by atoms with Crippen LogP contribution in [0.15, 0.2) is 30.7 Å². The molecule has 3 heterocycles. The Labute approximate surface area is 151 Å². The molecule has 1 aliphatic rings. The Morgan fingerprint density at radius 1 is 1.31 bits per heavy atom. The molecule has 9 heteroatoms. The van der Waals surface area contributed by atoms with Crippen molar-refractivity contribution < 1.29 is 13.6 Å². The van der Waals surface area contributed by atoms with Crippen LogP contribution in [-0.2, 0) is 0 Å². The van der Waals surface area contributed by atoms with Crippen molar-refractivity contribution >= 4 is 32.6 Å². The number of rotatable bonds is 3. The average Bonchev–Trinajstić information content (AvgIpc) is 3.07. The molecule has 4 rings (SSSR count). The fourth-order valence-electron chi connectivity index (χ4n) is 3.03. The van der Waals surface area contributed by atoms with Gasteiger partial charge in [-0.25, -0.2) is 18.7 Å². The smallest absolute Gasteiger partial charge is 0.271 e. The molecule has 0 spiro atoms. The SMILES string of the molecule is O=C(NC1CCCN(c2nc3c(F)cc(F)cc3s2)C1)c1cnccn1. The summed E-state index contributed by atoms with van der Waals surface area (Å²) in [4.78, 5) is 26.4. The lowest BCUT2D eigenvalue weighted by molar-refractivity contribution is 0.0927. The van der Waals surface area contributed by atoms with Gasteiger partial charge in [-0.3, -0.25) is 9.78 Å². The van der Waals surface area contributed by atoms with E-state index in [1.807, 2.05) is 4.90 Å². The minimum atomic E-state index is -0.660. The first-order chi connectivity index (χ1) is 12.6. The molecule has 3 aromatic rings. The highest BCUT2D eigenvalue weighted by molar-refractivity contribution is 7.22. The van der Waals surface area contributed by atoms with Crippen molar-refractivity contribution in [2.75, 3.05) is 18.0 Å². The molecule has 0 radical (unpaired) electrons. The van der Waals surface area contributed by atoms with Gasteiger partial charge >= 0.3 is 0 Å². The minimum Gasteiger partial charge on any atom is -0.346 e. The first-order valence-electron chi connectivity index (χ1n) is 8.17. The molecular weight excluding hydrogens is 360 g/mol. The number of thiazole rings is 1. The van der Waals surface area contributed by atoms with E-state index in [4.69, 9.17) is 0 Å². The molecule has 1 aromatic carbocycles. The van der Waals surface area contributed by atoms with Gasteiger partial charge in [-0.05, 0) is 18.9 Å². The number of fused-ring (bicyclic) bond motifs is 1. The van der Waals surface area contributed by atoms with Gasteiger partial charge < -0.3 is 10.2 Å². The molecule has 0 bridgehead atoms. The number of anilines is 1. The molecule has 0 aliphatic carbocycles. The fraction of sp³-hybridized carbons (Fsp3) is 0.294. The van der Waals surface area contributed by atoms with Gasteiger partial charge in [0.1, 0.15) is 17.0 Å². The summed E-state index contributed by atoms with van der Waals surface area (Å²) in [7, 11) is 0. The highest BCUT2D eigenvalue weighted by atomic mass is 32.1. The number of benzene rings is 1. The van der Waals surface area contributed by atoms with Crippen molar-refractivity contribution in [3.63, 3.8) is 0 Å². The number of nitrogens with one attached hydrogen (secondary N) is 1. The molecular formula is C17H15F2N5OS. The number of hydrogen-bond acceptors (Lipinski definition) is 6. The number of aromatic nitrogens is 3. The van der Waals surface area contributed by atoms with E-state index in [0.29, 0.717) is 16.4 Å². The van der Waals surface area contributed by atoms with Crippen LogP contribution in [0.4, 0.5) is 13.9 Å². The molecule has 1 amide bonds. The number of nitrogens with zero attached hydrogens (tertiary/aromatic N) is 4. The van der Waals surface area contributed by atoms with E-state index in [-0.39, 0.29) is 23.2 Å². The largest absolute Gasteiger partial charge is 0.346 e. The summed E-state index contributed by atoms with van der Waals surface area (Å²) in [5.41, 5.74) is 0.444. The van der Waals surface area contributed by atoms with E-state index >= 15 is 0 Å². The monoisotopic (exact) mass is 375 g/mol. The van der Waals surface area contributed by atoms with E-state index in [2.05, 4.69) is 20.3 Å². The first-order valence-corrected chi connectivity index (χ1v) is 8.99. The number of piperidine rings is 1. The standard InChI is InChI=1S/C17H15F2N5OS/c18-10-6-12(19)15-14(7-10)26-17(23-15)24-5-1-2-11(9-24)22-16(25)13-8-20-3-4-21-13/h3-4,6-8,11H,1-2,5,9H2,(H,22,25). The third kappa shape index (κ3) is 3.34. The summed E-state index contributed by atoms with van der Waals surface area (Å²) in [6, 6.07) is 2.05. The Bertz CT molecular complexity index is 949. The van der Waals surface area contributed by atoms with E-state index < -0.39 is 11.6 Å². The van der Waals surface area contributed by atoms with E-state index in [9.17, 15) is 13.6 Å². The first kappa shape index (κ1) is 16.8. The summed E-state index contributed by atoms with van der Waals surface area (Å²) < 4.78 is 27.7. The minimum absolute atomic E-state index is 0.0770. The Balaban J connectivity index is 1.50. The lowest BCUT2D eigenvalue weighted by atomic mass is 10.1. The Hall–Kier alpha value is -2.68. The van der Waals surface area contributed by atoms with Gasteiger partial charge in [-0.1, -0.05) is 11.3 Å². The molecule has 1 unspecified atom stereocenters. The number of carbonyl (C=O) groups excluding carboxylic acids is 1. The number of amides is 1. The second-order valence-electron chi connectivity index (χ2n) is 6.08. The lowest BCUT2D eigenvalue weighted by Crippen LogP contribution is -2.48. The van der Waals surface area contributed by atoms with Gasteiger partial charge in [-0.15, -0.1) is 0 Å². The Morgan fingerprint density at radius 3 is 3.00 bits per heavy atom. The quantitative estimate of drug-likeness (QED) is 0.762.